The SMILES string of the molecule is CCC(CC)(NCCCC(O)c1cnc[nH]1)c1ccccc1. The van der Waals surface area contributed by atoms with Gasteiger partial charge in [0.25, 0.3) is 0 Å². The molecule has 2 rings (SSSR count). The van der Waals surface area contributed by atoms with Crippen LogP contribution in [-0.2, 0) is 5.54 Å². The fourth-order valence-corrected chi connectivity index (χ4v) is 2.99. The van der Waals surface area contributed by atoms with Gasteiger partial charge in [0.1, 0.15) is 0 Å². The molecule has 1 heterocycles. The Labute approximate surface area is 133 Å². The van der Waals surface area contributed by atoms with Crippen molar-refractivity contribution < 1.29 is 5.11 Å². The Morgan fingerprint density at radius 2 is 1.95 bits per heavy atom. The number of aliphatic hydroxyl groups is 1. The molecule has 1 aromatic heterocycles. The number of nitrogens with zero attached hydrogens (tertiary/aromatic N) is 1. The molecule has 0 aliphatic heterocycles. The van der Waals surface area contributed by atoms with Crippen LogP contribution < -0.4 is 5.32 Å². The maximum atomic E-state index is 10.1. The lowest BCUT2D eigenvalue weighted by molar-refractivity contribution is 0.158. The smallest absolute Gasteiger partial charge is 0.0954 e. The van der Waals surface area contributed by atoms with Crippen molar-refractivity contribution in [3.05, 3.63) is 54.1 Å². The van der Waals surface area contributed by atoms with Crippen LogP contribution in [0.5, 0.6) is 0 Å². The predicted molar refractivity (Wildman–Crippen MR) is 89.5 cm³/mol. The number of benzene rings is 1. The van der Waals surface area contributed by atoms with Gasteiger partial charge in [-0.15, -0.1) is 0 Å². The van der Waals surface area contributed by atoms with Gasteiger partial charge in [0.05, 0.1) is 24.3 Å². The monoisotopic (exact) mass is 301 g/mol. The first kappa shape index (κ1) is 16.7. The van der Waals surface area contributed by atoms with E-state index in [2.05, 4.69) is 59.5 Å². The molecule has 1 atom stereocenters. The summed E-state index contributed by atoms with van der Waals surface area (Å²) in [6.07, 6.45) is 6.59. The van der Waals surface area contributed by atoms with Crippen molar-refractivity contribution in [1.29, 1.82) is 0 Å². The Morgan fingerprint density at radius 3 is 2.55 bits per heavy atom. The van der Waals surface area contributed by atoms with Crippen LogP contribution >= 0.6 is 0 Å². The van der Waals surface area contributed by atoms with Crippen LogP contribution in [0.4, 0.5) is 0 Å². The van der Waals surface area contributed by atoms with Gasteiger partial charge in [0.2, 0.25) is 0 Å². The van der Waals surface area contributed by atoms with Crippen molar-refractivity contribution in [1.82, 2.24) is 15.3 Å². The van der Waals surface area contributed by atoms with E-state index in [4.69, 9.17) is 0 Å². The van der Waals surface area contributed by atoms with E-state index >= 15 is 0 Å². The standard InChI is InChI=1S/C18H27N3O/c1-3-18(4-2,15-9-6-5-7-10-15)21-12-8-11-17(22)16-13-19-14-20-16/h5-7,9-10,13-14,17,21-22H,3-4,8,11-12H2,1-2H3,(H,19,20). The van der Waals surface area contributed by atoms with Crippen molar-refractivity contribution in [3.63, 3.8) is 0 Å². The van der Waals surface area contributed by atoms with E-state index in [0.717, 1.165) is 37.9 Å². The fraction of sp³-hybridized carbons (Fsp3) is 0.500. The normalized spacial score (nSPS) is 13.2. The number of hydrogen-bond donors (Lipinski definition) is 3. The van der Waals surface area contributed by atoms with Crippen LogP contribution in [0.1, 0.15) is 56.9 Å². The van der Waals surface area contributed by atoms with E-state index < -0.39 is 6.10 Å². The fourth-order valence-electron chi connectivity index (χ4n) is 2.99. The molecule has 22 heavy (non-hydrogen) atoms. The average molecular weight is 301 g/mol. The second-order valence-electron chi connectivity index (χ2n) is 5.75. The van der Waals surface area contributed by atoms with Gasteiger partial charge in [-0.05, 0) is 37.8 Å². The van der Waals surface area contributed by atoms with E-state index in [0.29, 0.717) is 0 Å². The van der Waals surface area contributed by atoms with Gasteiger partial charge in [-0.1, -0.05) is 44.2 Å². The van der Waals surface area contributed by atoms with Gasteiger partial charge in [0, 0.05) is 5.54 Å². The van der Waals surface area contributed by atoms with Crippen LogP contribution in [0.25, 0.3) is 0 Å². The van der Waals surface area contributed by atoms with Crippen molar-refractivity contribution in [3.8, 4) is 0 Å². The minimum absolute atomic E-state index is 0.0280. The topological polar surface area (TPSA) is 60.9 Å². The summed E-state index contributed by atoms with van der Waals surface area (Å²) in [6.45, 7) is 5.34. The van der Waals surface area contributed by atoms with Crippen LogP contribution in [0.2, 0.25) is 0 Å². The lowest BCUT2D eigenvalue weighted by Crippen LogP contribution is -2.42. The highest BCUT2D eigenvalue weighted by Gasteiger charge is 2.27. The van der Waals surface area contributed by atoms with Crippen LogP contribution in [0.3, 0.4) is 0 Å². The summed E-state index contributed by atoms with van der Waals surface area (Å²) in [5.41, 5.74) is 2.16. The zero-order valence-electron chi connectivity index (χ0n) is 13.5. The first-order valence-corrected chi connectivity index (χ1v) is 8.18. The second-order valence-corrected chi connectivity index (χ2v) is 5.75. The van der Waals surface area contributed by atoms with E-state index in [9.17, 15) is 5.11 Å². The summed E-state index contributed by atoms with van der Waals surface area (Å²) in [6, 6.07) is 10.6. The Kier molecular flexibility index (Phi) is 6.16. The summed E-state index contributed by atoms with van der Waals surface area (Å²) in [7, 11) is 0. The van der Waals surface area contributed by atoms with Gasteiger partial charge < -0.3 is 15.4 Å². The van der Waals surface area contributed by atoms with Gasteiger partial charge in [-0.2, -0.15) is 0 Å². The molecule has 1 unspecified atom stereocenters. The van der Waals surface area contributed by atoms with Gasteiger partial charge in [-0.3, -0.25) is 0 Å². The van der Waals surface area contributed by atoms with Gasteiger partial charge in [-0.25, -0.2) is 4.98 Å². The maximum absolute atomic E-state index is 10.1. The van der Waals surface area contributed by atoms with E-state index in [-0.39, 0.29) is 5.54 Å². The largest absolute Gasteiger partial charge is 0.387 e. The average Bonchev–Trinajstić information content (AvgIpc) is 3.11. The first-order chi connectivity index (χ1) is 10.7. The molecule has 2 aromatic rings. The number of hydrogen-bond acceptors (Lipinski definition) is 3. The quantitative estimate of drug-likeness (QED) is 0.621. The van der Waals surface area contributed by atoms with Crippen molar-refractivity contribution in [2.24, 2.45) is 0 Å². The number of rotatable bonds is 9. The lowest BCUT2D eigenvalue weighted by Gasteiger charge is -2.34. The molecule has 1 aromatic carbocycles. The summed E-state index contributed by atoms with van der Waals surface area (Å²) < 4.78 is 0. The van der Waals surface area contributed by atoms with Crippen molar-refractivity contribution >= 4 is 0 Å². The second kappa shape index (κ2) is 8.11. The third-order valence-electron chi connectivity index (χ3n) is 4.53. The molecule has 0 aliphatic rings. The Balaban J connectivity index is 1.87. The van der Waals surface area contributed by atoms with Crippen molar-refractivity contribution in [2.75, 3.05) is 6.54 Å². The number of nitrogens with one attached hydrogen (secondary N) is 2. The molecule has 0 aliphatic carbocycles. The van der Waals surface area contributed by atoms with Crippen LogP contribution in [0, 0.1) is 0 Å². The maximum Gasteiger partial charge on any atom is 0.0954 e. The summed E-state index contributed by atoms with van der Waals surface area (Å²) in [5, 5.41) is 13.8. The highest BCUT2D eigenvalue weighted by molar-refractivity contribution is 5.24. The molecule has 4 nitrogen and oxygen atoms in total. The van der Waals surface area contributed by atoms with Gasteiger partial charge in [0.15, 0.2) is 0 Å². The van der Waals surface area contributed by atoms with Crippen LogP contribution in [-0.4, -0.2) is 21.6 Å². The number of aromatic nitrogens is 2. The molecule has 0 fully saturated rings. The molecule has 0 saturated carbocycles. The highest BCUT2D eigenvalue weighted by atomic mass is 16.3. The molecular weight excluding hydrogens is 274 g/mol. The summed E-state index contributed by atoms with van der Waals surface area (Å²) in [4.78, 5) is 6.91. The molecule has 4 heteroatoms. The molecule has 3 N–H and O–H groups in total. The molecule has 120 valence electrons. The van der Waals surface area contributed by atoms with Gasteiger partial charge >= 0.3 is 0 Å². The molecule has 0 spiro atoms. The third kappa shape index (κ3) is 3.96. The minimum atomic E-state index is -0.460. The third-order valence-corrected chi connectivity index (χ3v) is 4.53. The first-order valence-electron chi connectivity index (χ1n) is 8.18. The Bertz CT molecular complexity index is 521. The lowest BCUT2D eigenvalue weighted by atomic mass is 9.84. The van der Waals surface area contributed by atoms with Crippen LogP contribution in [0.15, 0.2) is 42.9 Å². The van der Waals surface area contributed by atoms with E-state index in [1.807, 2.05) is 0 Å². The Morgan fingerprint density at radius 1 is 1.23 bits per heavy atom. The molecule has 0 bridgehead atoms. The predicted octanol–water partition coefficient (Wildman–Crippen LogP) is 3.53. The van der Waals surface area contributed by atoms with E-state index in [1.54, 1.807) is 12.5 Å². The zero-order valence-corrected chi connectivity index (χ0v) is 13.5. The Hall–Kier alpha value is -1.65. The number of imidazole rings is 1. The van der Waals surface area contributed by atoms with E-state index in [1.165, 1.54) is 5.56 Å². The minimum Gasteiger partial charge on any atom is -0.387 e. The molecular formula is C18H27N3O. The number of aromatic amines is 1. The molecule has 0 saturated heterocycles. The highest BCUT2D eigenvalue weighted by Crippen LogP contribution is 2.28. The number of H-pyrrole nitrogens is 1. The van der Waals surface area contributed by atoms with Crippen molar-refractivity contribution in [2.45, 2.75) is 51.2 Å². The molecule has 0 amide bonds. The summed E-state index contributed by atoms with van der Waals surface area (Å²) in [5.74, 6) is 0. The summed E-state index contributed by atoms with van der Waals surface area (Å²) >= 11 is 0. The number of aliphatic hydroxyl groups excluding tert-OH is 1. The molecule has 0 radical (unpaired) electrons. The zero-order chi connectivity index (χ0) is 15.8.